The number of hydrogen-bond acceptors (Lipinski definition) is 9. The monoisotopic (exact) mass is 473 g/mol. The topological polar surface area (TPSA) is 164 Å². The summed E-state index contributed by atoms with van der Waals surface area (Å²) in [7, 11) is 0. The van der Waals surface area contributed by atoms with Crippen LogP contribution in [0.4, 0.5) is 32.3 Å². The number of hydrogen-bond donors (Lipinski definition) is 2. The lowest BCUT2D eigenvalue weighted by Gasteiger charge is -2.26. The Morgan fingerprint density at radius 1 is 1.09 bits per heavy atom. The molecule has 2 aromatic carbocycles. The Labute approximate surface area is 197 Å². The summed E-state index contributed by atoms with van der Waals surface area (Å²) < 4.78 is 28.7. The second-order valence-corrected chi connectivity index (χ2v) is 7.28. The third-order valence-corrected chi connectivity index (χ3v) is 5.24. The first-order valence-electron chi connectivity index (χ1n) is 10.3. The minimum atomic E-state index is -2.92. The van der Waals surface area contributed by atoms with E-state index in [4.69, 9.17) is 11.5 Å². The number of rotatable bonds is 5. The number of alkyl halides is 2. The van der Waals surface area contributed by atoms with Crippen molar-refractivity contribution >= 4 is 34.4 Å². The molecule has 4 aromatic rings. The van der Waals surface area contributed by atoms with Crippen LogP contribution in [-0.4, -0.2) is 26.1 Å². The molecule has 0 aliphatic rings. The summed E-state index contributed by atoms with van der Waals surface area (Å²) in [4.78, 5) is 27.6. The van der Waals surface area contributed by atoms with E-state index in [-0.39, 0.29) is 57.8 Å². The van der Waals surface area contributed by atoms with Crippen molar-refractivity contribution in [2.75, 3.05) is 22.9 Å². The zero-order chi connectivity index (χ0) is 25.3. The Balaban J connectivity index is 2.16. The molecule has 0 fully saturated rings. The smallest absolute Gasteiger partial charge is 0.267 e. The summed E-state index contributed by atoms with van der Waals surface area (Å²) >= 11 is 0. The van der Waals surface area contributed by atoms with E-state index in [9.17, 15) is 24.1 Å². The van der Waals surface area contributed by atoms with Crippen molar-refractivity contribution in [3.05, 3.63) is 69.5 Å². The van der Waals surface area contributed by atoms with Gasteiger partial charge in [0, 0.05) is 12.1 Å². The van der Waals surface area contributed by atoms with E-state index in [2.05, 4.69) is 15.0 Å². The molecule has 2 heterocycles. The summed E-state index contributed by atoms with van der Waals surface area (Å²) in [5.74, 6) is -0.437. The first-order chi connectivity index (χ1) is 16.8. The summed E-state index contributed by atoms with van der Waals surface area (Å²) in [6.45, 7) is 1.84. The average molecular weight is 473 g/mol. The number of nitrogen functional groups attached to an aromatic ring is 2. The van der Waals surface area contributed by atoms with Crippen LogP contribution in [0.2, 0.25) is 0 Å². The Morgan fingerprint density at radius 3 is 2.49 bits per heavy atom. The molecule has 0 amide bonds. The third kappa shape index (κ3) is 3.94. The zero-order valence-corrected chi connectivity index (χ0v) is 18.3. The molecular weight excluding hydrogens is 456 g/mol. The molecule has 0 atom stereocenters. The van der Waals surface area contributed by atoms with Crippen molar-refractivity contribution in [2.45, 2.75) is 13.3 Å². The number of nitriles is 2. The normalized spacial score (nSPS) is 10.8. The van der Waals surface area contributed by atoms with Crippen LogP contribution in [0.25, 0.3) is 16.6 Å². The van der Waals surface area contributed by atoms with E-state index in [0.29, 0.717) is 0 Å². The van der Waals surface area contributed by atoms with E-state index in [0.717, 1.165) is 10.6 Å². The molecule has 4 N–H and O–H groups in total. The van der Waals surface area contributed by atoms with E-state index < -0.39 is 17.5 Å². The van der Waals surface area contributed by atoms with E-state index >= 15 is 0 Å². The molecule has 0 aliphatic heterocycles. The fourth-order valence-electron chi connectivity index (χ4n) is 3.73. The highest BCUT2D eigenvalue weighted by Gasteiger charge is 2.26. The van der Waals surface area contributed by atoms with Crippen LogP contribution >= 0.6 is 0 Å². The van der Waals surface area contributed by atoms with Gasteiger partial charge in [-0.25, -0.2) is 18.3 Å². The first kappa shape index (κ1) is 23.1. The molecule has 0 radical (unpaired) electrons. The molecule has 0 spiro atoms. The molecular formula is C23H17F2N9O. The lowest BCUT2D eigenvalue weighted by Crippen LogP contribution is -2.31. The molecule has 12 heteroatoms. The number of aromatic nitrogens is 4. The van der Waals surface area contributed by atoms with Gasteiger partial charge in [0.1, 0.15) is 17.5 Å². The van der Waals surface area contributed by atoms with Gasteiger partial charge in [-0.05, 0) is 31.2 Å². The molecule has 35 heavy (non-hydrogen) atoms. The highest BCUT2D eigenvalue weighted by Crippen LogP contribution is 2.32. The molecule has 0 aliphatic carbocycles. The fraction of sp³-hybridized carbons (Fsp3) is 0.130. The van der Waals surface area contributed by atoms with Crippen molar-refractivity contribution in [3.63, 3.8) is 0 Å². The van der Waals surface area contributed by atoms with Crippen LogP contribution in [0.3, 0.4) is 0 Å². The second kappa shape index (κ2) is 9.03. The van der Waals surface area contributed by atoms with Gasteiger partial charge in [-0.3, -0.25) is 9.69 Å². The molecule has 0 bridgehead atoms. The molecule has 2 aromatic heterocycles. The number of benzene rings is 2. The van der Waals surface area contributed by atoms with Gasteiger partial charge in [0.25, 0.3) is 12.0 Å². The molecule has 174 valence electrons. The number of halogens is 2. The Kier molecular flexibility index (Phi) is 5.96. The largest absolute Gasteiger partial charge is 0.382 e. The summed E-state index contributed by atoms with van der Waals surface area (Å²) in [6, 6.07) is 13.9. The predicted octanol–water partition coefficient (Wildman–Crippen LogP) is 3.18. The molecule has 4 rings (SSSR count). The lowest BCUT2D eigenvalue weighted by atomic mass is 10.1. The number of anilines is 4. The van der Waals surface area contributed by atoms with E-state index in [1.54, 1.807) is 13.0 Å². The van der Waals surface area contributed by atoms with Gasteiger partial charge in [0.05, 0.1) is 28.2 Å². The van der Waals surface area contributed by atoms with Crippen LogP contribution < -0.4 is 21.9 Å². The van der Waals surface area contributed by atoms with Crippen LogP contribution in [-0.2, 0) is 0 Å². The highest BCUT2D eigenvalue weighted by atomic mass is 19.3. The Bertz CT molecular complexity index is 1600. The summed E-state index contributed by atoms with van der Waals surface area (Å²) in [5.41, 5.74) is 10.7. The summed E-state index contributed by atoms with van der Waals surface area (Å²) in [5, 5.41) is 18.8. The third-order valence-electron chi connectivity index (χ3n) is 5.24. The van der Waals surface area contributed by atoms with Gasteiger partial charge in [-0.1, -0.05) is 18.2 Å². The Hall–Kier alpha value is -5.10. The summed E-state index contributed by atoms with van der Waals surface area (Å²) in [6.07, 6.45) is -2.92. The molecule has 10 nitrogen and oxygen atoms in total. The average Bonchev–Trinajstić information content (AvgIpc) is 2.84. The standard InChI is InChI=1S/C23H17F2N9O/c1-2-33(20-15(11-27)19(28)31-22(29)32-20)23-30-16-8-4-7-14(18(24)25)17(16)21(35)34(23)13-6-3-5-12(9-13)10-26/h3-9,18H,2H2,1H3,(H4,28,29,31,32). The molecule has 0 saturated heterocycles. The van der Waals surface area contributed by atoms with Gasteiger partial charge in [0.15, 0.2) is 5.82 Å². The van der Waals surface area contributed by atoms with Gasteiger partial charge in [0.2, 0.25) is 11.9 Å². The van der Waals surface area contributed by atoms with Gasteiger partial charge >= 0.3 is 0 Å². The fourth-order valence-corrected chi connectivity index (χ4v) is 3.73. The van der Waals surface area contributed by atoms with Gasteiger partial charge in [-0.2, -0.15) is 20.5 Å². The predicted molar refractivity (Wildman–Crippen MR) is 125 cm³/mol. The van der Waals surface area contributed by atoms with Crippen LogP contribution in [0.5, 0.6) is 0 Å². The zero-order valence-electron chi connectivity index (χ0n) is 18.3. The minimum Gasteiger partial charge on any atom is -0.382 e. The van der Waals surface area contributed by atoms with Crippen molar-refractivity contribution in [1.82, 2.24) is 19.5 Å². The Morgan fingerprint density at radius 2 is 1.83 bits per heavy atom. The highest BCUT2D eigenvalue weighted by molar-refractivity contribution is 5.84. The van der Waals surface area contributed by atoms with Crippen LogP contribution in [0.1, 0.15) is 30.0 Å². The van der Waals surface area contributed by atoms with Gasteiger partial charge < -0.3 is 11.5 Å². The van der Waals surface area contributed by atoms with Gasteiger partial charge in [-0.15, -0.1) is 0 Å². The van der Waals surface area contributed by atoms with Crippen molar-refractivity contribution in [3.8, 4) is 17.8 Å². The maximum Gasteiger partial charge on any atom is 0.267 e. The quantitative estimate of drug-likeness (QED) is 0.443. The first-order valence-corrected chi connectivity index (χ1v) is 10.3. The van der Waals surface area contributed by atoms with Crippen LogP contribution in [0, 0.1) is 22.7 Å². The van der Waals surface area contributed by atoms with Crippen molar-refractivity contribution in [2.24, 2.45) is 0 Å². The molecule has 0 unspecified atom stereocenters. The van der Waals surface area contributed by atoms with E-state index in [1.165, 1.54) is 35.2 Å². The maximum atomic E-state index is 13.8. The van der Waals surface area contributed by atoms with E-state index in [1.807, 2.05) is 12.1 Å². The lowest BCUT2D eigenvalue weighted by molar-refractivity contribution is 0.153. The molecule has 0 saturated carbocycles. The second-order valence-electron chi connectivity index (χ2n) is 7.28. The van der Waals surface area contributed by atoms with Crippen LogP contribution in [0.15, 0.2) is 47.3 Å². The maximum absolute atomic E-state index is 13.8. The number of nitrogens with zero attached hydrogens (tertiary/aromatic N) is 7. The SMILES string of the molecule is CCN(c1nc(N)nc(N)c1C#N)c1nc2cccc(C(F)F)c2c(=O)n1-c1cccc(C#N)c1. The minimum absolute atomic E-state index is 0.0125. The number of fused-ring (bicyclic) bond motifs is 1. The van der Waals surface area contributed by atoms with Crippen molar-refractivity contribution in [1.29, 1.82) is 10.5 Å². The number of nitrogens with two attached hydrogens (primary N) is 2. The van der Waals surface area contributed by atoms with Crippen molar-refractivity contribution < 1.29 is 8.78 Å².